The summed E-state index contributed by atoms with van der Waals surface area (Å²) in [6, 6.07) is 3.72. The molecular weight excluding hydrogens is 345 g/mol. The first-order valence-electron chi connectivity index (χ1n) is 5.56. The lowest BCUT2D eigenvalue weighted by Crippen LogP contribution is -2.26. The number of ether oxygens (including phenoxy) is 1. The molecule has 0 aromatic carbocycles. The first-order chi connectivity index (χ1) is 8.37. The molecule has 0 saturated heterocycles. The molecule has 0 saturated carbocycles. The summed E-state index contributed by atoms with van der Waals surface area (Å²) in [6.45, 7) is 5.63. The number of carbonyl (C=O) groups is 1. The van der Waals surface area contributed by atoms with E-state index in [2.05, 4.69) is 32.7 Å². The van der Waals surface area contributed by atoms with Crippen LogP contribution >= 0.6 is 22.6 Å². The van der Waals surface area contributed by atoms with Crippen molar-refractivity contribution in [2.24, 2.45) is 0 Å². The highest BCUT2D eigenvalue weighted by molar-refractivity contribution is 14.1. The van der Waals surface area contributed by atoms with Crippen LogP contribution in [0.25, 0.3) is 11.0 Å². The zero-order valence-corrected chi connectivity index (χ0v) is 12.6. The number of carbonyl (C=O) groups excluding carboxylic acids is 1. The van der Waals surface area contributed by atoms with E-state index in [1.165, 1.54) is 0 Å². The second-order valence-electron chi connectivity index (χ2n) is 4.91. The van der Waals surface area contributed by atoms with Gasteiger partial charge in [-0.1, -0.05) is 0 Å². The van der Waals surface area contributed by atoms with Crippen LogP contribution in [0.15, 0.2) is 18.3 Å². The SMILES string of the molecule is CC(C)(C)OC(=O)Cn1nc(I)c2ncccc21. The van der Waals surface area contributed by atoms with Gasteiger partial charge in [-0.3, -0.25) is 14.5 Å². The van der Waals surface area contributed by atoms with E-state index in [0.717, 1.165) is 14.7 Å². The molecule has 2 rings (SSSR count). The molecule has 0 spiro atoms. The number of pyridine rings is 1. The molecule has 6 heteroatoms. The Morgan fingerprint density at radius 2 is 2.22 bits per heavy atom. The van der Waals surface area contributed by atoms with Crippen molar-refractivity contribution in [3.8, 4) is 0 Å². The predicted octanol–water partition coefficient (Wildman–Crippen LogP) is 2.38. The Labute approximate surface area is 119 Å². The van der Waals surface area contributed by atoms with E-state index in [1.807, 2.05) is 32.9 Å². The summed E-state index contributed by atoms with van der Waals surface area (Å²) in [5.74, 6) is -0.299. The normalized spacial score (nSPS) is 11.8. The summed E-state index contributed by atoms with van der Waals surface area (Å²) in [5, 5.41) is 4.30. The van der Waals surface area contributed by atoms with Crippen LogP contribution in [0.4, 0.5) is 0 Å². The van der Waals surface area contributed by atoms with Gasteiger partial charge in [-0.2, -0.15) is 5.10 Å². The van der Waals surface area contributed by atoms with Crippen LogP contribution < -0.4 is 0 Å². The second kappa shape index (κ2) is 4.83. The van der Waals surface area contributed by atoms with Crippen LogP contribution in [-0.4, -0.2) is 26.3 Å². The Morgan fingerprint density at radius 1 is 1.50 bits per heavy atom. The summed E-state index contributed by atoms with van der Waals surface area (Å²) in [5.41, 5.74) is 1.17. The zero-order valence-electron chi connectivity index (χ0n) is 10.5. The van der Waals surface area contributed by atoms with Crippen LogP contribution in [0.5, 0.6) is 0 Å². The van der Waals surface area contributed by atoms with Crippen molar-refractivity contribution in [1.29, 1.82) is 0 Å². The molecule has 96 valence electrons. The molecule has 0 aliphatic heterocycles. The van der Waals surface area contributed by atoms with Crippen molar-refractivity contribution < 1.29 is 9.53 Å². The van der Waals surface area contributed by atoms with Gasteiger partial charge in [0.05, 0.1) is 5.52 Å². The van der Waals surface area contributed by atoms with E-state index in [4.69, 9.17) is 4.74 Å². The van der Waals surface area contributed by atoms with Gasteiger partial charge >= 0.3 is 5.97 Å². The zero-order chi connectivity index (χ0) is 13.3. The van der Waals surface area contributed by atoms with E-state index in [9.17, 15) is 4.79 Å². The predicted molar refractivity (Wildman–Crippen MR) is 76.1 cm³/mol. The lowest BCUT2D eigenvalue weighted by Gasteiger charge is -2.19. The number of nitrogens with zero attached hydrogens (tertiary/aromatic N) is 3. The van der Waals surface area contributed by atoms with Crippen molar-refractivity contribution in [3.05, 3.63) is 22.0 Å². The standard InChI is InChI=1S/C12H14IN3O2/c1-12(2,3)18-9(17)7-16-8-5-4-6-14-10(8)11(13)15-16/h4-6H,7H2,1-3H3. The molecule has 2 aromatic rings. The van der Waals surface area contributed by atoms with Gasteiger partial charge in [0.25, 0.3) is 0 Å². The third kappa shape index (κ3) is 2.98. The largest absolute Gasteiger partial charge is 0.459 e. The summed E-state index contributed by atoms with van der Waals surface area (Å²) in [4.78, 5) is 16.0. The summed E-state index contributed by atoms with van der Waals surface area (Å²) < 4.78 is 7.68. The van der Waals surface area contributed by atoms with Crippen LogP contribution in [0.2, 0.25) is 0 Å². The minimum Gasteiger partial charge on any atom is -0.459 e. The van der Waals surface area contributed by atoms with E-state index >= 15 is 0 Å². The van der Waals surface area contributed by atoms with Gasteiger partial charge in [0, 0.05) is 6.20 Å². The van der Waals surface area contributed by atoms with E-state index in [1.54, 1.807) is 10.9 Å². The molecule has 0 radical (unpaired) electrons. The highest BCUT2D eigenvalue weighted by Crippen LogP contribution is 2.17. The molecule has 0 aliphatic rings. The Bertz CT molecular complexity index is 587. The summed E-state index contributed by atoms with van der Waals surface area (Å²) in [6.07, 6.45) is 1.71. The molecule has 0 atom stereocenters. The maximum Gasteiger partial charge on any atom is 0.328 e. The number of rotatable bonds is 2. The average molecular weight is 359 g/mol. The van der Waals surface area contributed by atoms with Crippen LogP contribution in [0.1, 0.15) is 20.8 Å². The number of hydrogen-bond donors (Lipinski definition) is 0. The summed E-state index contributed by atoms with van der Waals surface area (Å²) >= 11 is 2.11. The van der Waals surface area contributed by atoms with Gasteiger partial charge in [-0.25, -0.2) is 0 Å². The van der Waals surface area contributed by atoms with Crippen LogP contribution in [-0.2, 0) is 16.1 Å². The molecular formula is C12H14IN3O2. The van der Waals surface area contributed by atoms with Gasteiger partial charge in [-0.15, -0.1) is 0 Å². The number of hydrogen-bond acceptors (Lipinski definition) is 4. The first kappa shape index (κ1) is 13.3. The van der Waals surface area contributed by atoms with Gasteiger partial charge in [0.2, 0.25) is 0 Å². The number of fused-ring (bicyclic) bond motifs is 1. The fraction of sp³-hybridized carbons (Fsp3) is 0.417. The Balaban J connectivity index is 2.25. The third-order valence-corrected chi connectivity index (χ3v) is 2.89. The molecule has 2 heterocycles. The van der Waals surface area contributed by atoms with Gasteiger partial charge in [0.15, 0.2) is 0 Å². The van der Waals surface area contributed by atoms with E-state index < -0.39 is 5.60 Å². The fourth-order valence-electron chi connectivity index (χ4n) is 1.59. The number of esters is 1. The Kier molecular flexibility index (Phi) is 3.56. The molecule has 0 fully saturated rings. The quantitative estimate of drug-likeness (QED) is 0.610. The van der Waals surface area contributed by atoms with E-state index in [0.29, 0.717) is 0 Å². The molecule has 0 N–H and O–H groups in total. The number of aromatic nitrogens is 3. The summed E-state index contributed by atoms with van der Waals surface area (Å²) in [7, 11) is 0. The van der Waals surface area contributed by atoms with Gasteiger partial charge in [0.1, 0.15) is 21.4 Å². The third-order valence-electron chi connectivity index (χ3n) is 2.17. The van der Waals surface area contributed by atoms with Crippen molar-refractivity contribution in [3.63, 3.8) is 0 Å². The molecule has 18 heavy (non-hydrogen) atoms. The Morgan fingerprint density at radius 3 is 2.89 bits per heavy atom. The lowest BCUT2D eigenvalue weighted by molar-refractivity contribution is -0.155. The van der Waals surface area contributed by atoms with Crippen LogP contribution in [0.3, 0.4) is 0 Å². The fourth-order valence-corrected chi connectivity index (χ4v) is 2.26. The van der Waals surface area contributed by atoms with Crippen molar-refractivity contribution in [2.45, 2.75) is 32.9 Å². The maximum atomic E-state index is 11.8. The molecule has 0 amide bonds. The average Bonchev–Trinajstić information content (AvgIpc) is 2.54. The first-order valence-corrected chi connectivity index (χ1v) is 6.63. The van der Waals surface area contributed by atoms with Crippen molar-refractivity contribution in [2.75, 3.05) is 0 Å². The maximum absolute atomic E-state index is 11.8. The minimum absolute atomic E-state index is 0.0997. The van der Waals surface area contributed by atoms with Crippen LogP contribution in [0, 0.1) is 3.70 Å². The minimum atomic E-state index is -0.481. The number of halogens is 1. The topological polar surface area (TPSA) is 57.0 Å². The lowest BCUT2D eigenvalue weighted by atomic mass is 10.2. The Hall–Kier alpha value is -1.18. The highest BCUT2D eigenvalue weighted by atomic mass is 127. The van der Waals surface area contributed by atoms with Gasteiger partial charge < -0.3 is 4.74 Å². The van der Waals surface area contributed by atoms with Crippen molar-refractivity contribution in [1.82, 2.24) is 14.8 Å². The highest BCUT2D eigenvalue weighted by Gasteiger charge is 2.18. The van der Waals surface area contributed by atoms with Crippen molar-refractivity contribution >= 4 is 39.6 Å². The monoisotopic (exact) mass is 359 g/mol. The molecule has 0 aliphatic carbocycles. The van der Waals surface area contributed by atoms with E-state index in [-0.39, 0.29) is 12.5 Å². The van der Waals surface area contributed by atoms with Gasteiger partial charge in [-0.05, 0) is 55.5 Å². The second-order valence-corrected chi connectivity index (χ2v) is 5.93. The smallest absolute Gasteiger partial charge is 0.328 e. The molecule has 2 aromatic heterocycles. The molecule has 5 nitrogen and oxygen atoms in total. The molecule has 0 unspecified atom stereocenters. The molecule has 0 bridgehead atoms.